The molecule has 1 aliphatic rings. The van der Waals surface area contributed by atoms with E-state index in [-0.39, 0.29) is 5.54 Å². The summed E-state index contributed by atoms with van der Waals surface area (Å²) in [6, 6.07) is 21.7. The highest BCUT2D eigenvalue weighted by molar-refractivity contribution is 5.84. The van der Waals surface area contributed by atoms with E-state index in [9.17, 15) is 0 Å². The van der Waals surface area contributed by atoms with Crippen molar-refractivity contribution in [2.45, 2.75) is 24.8 Å². The molecule has 1 heterocycles. The van der Waals surface area contributed by atoms with E-state index >= 15 is 0 Å². The molecular formula is C22H24N2. The van der Waals surface area contributed by atoms with Crippen LogP contribution in [0.2, 0.25) is 0 Å². The predicted molar refractivity (Wildman–Crippen MR) is 102 cm³/mol. The van der Waals surface area contributed by atoms with E-state index in [1.165, 1.54) is 27.7 Å². The maximum atomic E-state index is 3.58. The number of fused-ring (bicyclic) bond motifs is 1. The molecule has 0 amide bonds. The van der Waals surface area contributed by atoms with Gasteiger partial charge in [-0.1, -0.05) is 54.6 Å². The zero-order valence-corrected chi connectivity index (χ0v) is 14.4. The van der Waals surface area contributed by atoms with Crippen molar-refractivity contribution in [1.29, 1.82) is 0 Å². The Bertz CT molecular complexity index is 840. The van der Waals surface area contributed by atoms with Gasteiger partial charge in [0.1, 0.15) is 0 Å². The van der Waals surface area contributed by atoms with Gasteiger partial charge in [0.05, 0.1) is 0 Å². The highest BCUT2D eigenvalue weighted by atomic mass is 15.1. The number of benzene rings is 2. The van der Waals surface area contributed by atoms with E-state index in [2.05, 4.69) is 90.7 Å². The summed E-state index contributed by atoms with van der Waals surface area (Å²) in [6.45, 7) is 0. The summed E-state index contributed by atoms with van der Waals surface area (Å²) in [5.41, 5.74) is 5.47. The zero-order valence-electron chi connectivity index (χ0n) is 14.4. The minimum Gasteiger partial charge on any atom is -0.355 e. The SMILES string of the molecule is CN(C)C1(c2ccccc2)CC=C(c2cc3ccccc3[nH]2)CC1. The molecule has 1 aliphatic carbocycles. The summed E-state index contributed by atoms with van der Waals surface area (Å²) in [5.74, 6) is 0. The van der Waals surface area contributed by atoms with Crippen LogP contribution in [0.3, 0.4) is 0 Å². The molecule has 0 bridgehead atoms. The number of allylic oxidation sites excluding steroid dienone is 1. The largest absolute Gasteiger partial charge is 0.355 e. The lowest BCUT2D eigenvalue weighted by Crippen LogP contribution is -2.42. The van der Waals surface area contributed by atoms with Crippen LogP contribution in [0.15, 0.2) is 66.7 Å². The van der Waals surface area contributed by atoms with Gasteiger partial charge in [-0.3, -0.25) is 4.90 Å². The predicted octanol–water partition coefficient (Wildman–Crippen LogP) is 5.19. The maximum absolute atomic E-state index is 3.58. The van der Waals surface area contributed by atoms with Gasteiger partial charge in [0.15, 0.2) is 0 Å². The Morgan fingerprint density at radius 3 is 2.38 bits per heavy atom. The van der Waals surface area contributed by atoms with Gasteiger partial charge in [-0.2, -0.15) is 0 Å². The van der Waals surface area contributed by atoms with E-state index in [4.69, 9.17) is 0 Å². The fourth-order valence-electron chi connectivity index (χ4n) is 4.00. The first kappa shape index (κ1) is 15.2. The van der Waals surface area contributed by atoms with Gasteiger partial charge >= 0.3 is 0 Å². The van der Waals surface area contributed by atoms with Crippen molar-refractivity contribution in [2.24, 2.45) is 0 Å². The molecule has 2 aromatic carbocycles. The summed E-state index contributed by atoms with van der Waals surface area (Å²) in [5, 5.41) is 1.29. The fraction of sp³-hybridized carbons (Fsp3) is 0.273. The summed E-state index contributed by atoms with van der Waals surface area (Å²) in [7, 11) is 4.41. The molecule has 0 spiro atoms. The first-order chi connectivity index (χ1) is 11.7. The minimum absolute atomic E-state index is 0.108. The molecule has 1 unspecified atom stereocenters. The Kier molecular flexibility index (Phi) is 3.78. The summed E-state index contributed by atoms with van der Waals surface area (Å²) in [6.07, 6.45) is 5.72. The molecule has 1 N–H and O–H groups in total. The molecule has 2 nitrogen and oxygen atoms in total. The number of nitrogens with one attached hydrogen (secondary N) is 1. The van der Waals surface area contributed by atoms with Crippen LogP contribution in [0.4, 0.5) is 0 Å². The number of para-hydroxylation sites is 1. The zero-order chi connectivity index (χ0) is 16.6. The van der Waals surface area contributed by atoms with Gasteiger partial charge in [0.2, 0.25) is 0 Å². The van der Waals surface area contributed by atoms with Crippen molar-refractivity contribution in [3.63, 3.8) is 0 Å². The summed E-state index contributed by atoms with van der Waals surface area (Å²) in [4.78, 5) is 5.97. The highest BCUT2D eigenvalue weighted by Gasteiger charge is 2.36. The van der Waals surface area contributed by atoms with E-state index < -0.39 is 0 Å². The van der Waals surface area contributed by atoms with Crippen LogP contribution in [0.5, 0.6) is 0 Å². The van der Waals surface area contributed by atoms with Crippen molar-refractivity contribution >= 4 is 16.5 Å². The van der Waals surface area contributed by atoms with Gasteiger partial charge in [0, 0.05) is 16.7 Å². The highest BCUT2D eigenvalue weighted by Crippen LogP contribution is 2.42. The van der Waals surface area contributed by atoms with Gasteiger partial charge in [-0.15, -0.1) is 0 Å². The Balaban J connectivity index is 1.68. The number of nitrogens with zero attached hydrogens (tertiary/aromatic N) is 1. The van der Waals surface area contributed by atoms with E-state index in [0.29, 0.717) is 0 Å². The second-order valence-electron chi connectivity index (χ2n) is 7.00. The lowest BCUT2D eigenvalue weighted by atomic mass is 9.76. The first-order valence-electron chi connectivity index (χ1n) is 8.69. The molecule has 3 aromatic rings. The molecule has 24 heavy (non-hydrogen) atoms. The van der Waals surface area contributed by atoms with Crippen molar-refractivity contribution in [3.8, 4) is 0 Å². The standard InChI is InChI=1S/C22H24N2/c1-24(2)22(19-9-4-3-5-10-19)14-12-17(13-15-22)21-16-18-8-6-7-11-20(18)23-21/h3-12,16,23H,13-15H2,1-2H3. The normalized spacial score (nSPS) is 21.2. The van der Waals surface area contributed by atoms with Gasteiger partial charge in [-0.05, 0) is 62.0 Å². The number of aromatic nitrogens is 1. The number of hydrogen-bond acceptors (Lipinski definition) is 1. The third-order valence-electron chi connectivity index (χ3n) is 5.54. The van der Waals surface area contributed by atoms with Crippen LogP contribution < -0.4 is 0 Å². The van der Waals surface area contributed by atoms with Crippen LogP contribution in [-0.4, -0.2) is 24.0 Å². The molecule has 0 saturated heterocycles. The molecule has 0 radical (unpaired) electrons. The van der Waals surface area contributed by atoms with Crippen LogP contribution in [-0.2, 0) is 5.54 Å². The molecule has 1 atom stereocenters. The van der Waals surface area contributed by atoms with Crippen molar-refractivity contribution in [1.82, 2.24) is 9.88 Å². The lowest BCUT2D eigenvalue weighted by Gasteiger charge is -2.42. The molecule has 0 fully saturated rings. The van der Waals surface area contributed by atoms with Crippen LogP contribution in [0.25, 0.3) is 16.5 Å². The third kappa shape index (κ3) is 2.47. The van der Waals surface area contributed by atoms with Crippen LogP contribution >= 0.6 is 0 Å². The van der Waals surface area contributed by atoms with Crippen molar-refractivity contribution in [2.75, 3.05) is 14.1 Å². The van der Waals surface area contributed by atoms with Gasteiger partial charge < -0.3 is 4.98 Å². The first-order valence-corrected chi connectivity index (χ1v) is 8.69. The number of rotatable bonds is 3. The molecule has 2 heteroatoms. The summed E-state index contributed by atoms with van der Waals surface area (Å²) >= 11 is 0. The minimum atomic E-state index is 0.108. The Morgan fingerprint density at radius 1 is 0.958 bits per heavy atom. The molecule has 1 aromatic heterocycles. The molecule has 0 saturated carbocycles. The topological polar surface area (TPSA) is 19.0 Å². The number of hydrogen-bond donors (Lipinski definition) is 1. The van der Waals surface area contributed by atoms with Crippen molar-refractivity contribution in [3.05, 3.63) is 78.0 Å². The quantitative estimate of drug-likeness (QED) is 0.704. The van der Waals surface area contributed by atoms with Crippen molar-refractivity contribution < 1.29 is 0 Å². The molecule has 0 aliphatic heterocycles. The fourth-order valence-corrected chi connectivity index (χ4v) is 4.00. The smallest absolute Gasteiger partial charge is 0.0492 e. The van der Waals surface area contributed by atoms with Crippen LogP contribution in [0.1, 0.15) is 30.5 Å². The lowest BCUT2D eigenvalue weighted by molar-refractivity contribution is 0.138. The number of aromatic amines is 1. The third-order valence-corrected chi connectivity index (χ3v) is 5.54. The molecule has 122 valence electrons. The van der Waals surface area contributed by atoms with Gasteiger partial charge in [0.25, 0.3) is 0 Å². The average Bonchev–Trinajstić information content (AvgIpc) is 3.06. The molecular weight excluding hydrogens is 292 g/mol. The summed E-state index contributed by atoms with van der Waals surface area (Å²) < 4.78 is 0. The average molecular weight is 316 g/mol. The van der Waals surface area contributed by atoms with Crippen LogP contribution in [0, 0.1) is 0 Å². The Hall–Kier alpha value is -2.32. The Morgan fingerprint density at radius 2 is 1.71 bits per heavy atom. The van der Waals surface area contributed by atoms with Gasteiger partial charge in [-0.25, -0.2) is 0 Å². The molecule has 4 rings (SSSR count). The maximum Gasteiger partial charge on any atom is 0.0492 e. The van der Waals surface area contributed by atoms with E-state index in [1.807, 2.05) is 0 Å². The van der Waals surface area contributed by atoms with E-state index in [0.717, 1.165) is 19.3 Å². The second kappa shape index (κ2) is 5.95. The monoisotopic (exact) mass is 316 g/mol. The number of H-pyrrole nitrogens is 1. The Labute approximate surface area is 143 Å². The second-order valence-corrected chi connectivity index (χ2v) is 7.00. The van der Waals surface area contributed by atoms with E-state index in [1.54, 1.807) is 0 Å².